The molecule has 0 radical (unpaired) electrons. The number of morpholine rings is 1. The molecule has 120 valence electrons. The predicted molar refractivity (Wildman–Crippen MR) is 75.8 cm³/mol. The van der Waals surface area contributed by atoms with Gasteiger partial charge in [0, 0.05) is 19.5 Å². The second-order valence-corrected chi connectivity index (χ2v) is 6.43. The van der Waals surface area contributed by atoms with E-state index in [1.54, 1.807) is 18.7 Å². The number of urea groups is 1. The van der Waals surface area contributed by atoms with Crippen molar-refractivity contribution >= 4 is 17.9 Å². The molecule has 1 saturated heterocycles. The minimum atomic E-state index is -0.963. The van der Waals surface area contributed by atoms with Crippen LogP contribution in [0.1, 0.15) is 40.5 Å². The average Bonchev–Trinajstić information content (AvgIpc) is 2.23. The summed E-state index contributed by atoms with van der Waals surface area (Å²) in [5, 5.41) is 11.1. The van der Waals surface area contributed by atoms with Crippen molar-refractivity contribution in [3.63, 3.8) is 0 Å². The molecule has 0 spiro atoms. The highest BCUT2D eigenvalue weighted by Gasteiger charge is 2.29. The molecule has 1 fully saturated rings. The molecule has 0 saturated carbocycles. The molecular formula is C14H24N2O5. The van der Waals surface area contributed by atoms with E-state index in [0.717, 1.165) is 0 Å². The van der Waals surface area contributed by atoms with E-state index in [1.165, 1.54) is 0 Å². The number of carboxylic acids is 1. The van der Waals surface area contributed by atoms with Gasteiger partial charge in [0.05, 0.1) is 18.6 Å². The normalized spacial score (nSPS) is 22.8. The minimum absolute atomic E-state index is 0.0134. The van der Waals surface area contributed by atoms with Crippen molar-refractivity contribution in [2.75, 3.05) is 13.1 Å². The molecule has 3 amide bonds. The fraction of sp³-hybridized carbons (Fsp3) is 0.786. The molecule has 2 N–H and O–H groups in total. The summed E-state index contributed by atoms with van der Waals surface area (Å²) in [5.41, 5.74) is -0.693. The molecule has 0 aromatic carbocycles. The van der Waals surface area contributed by atoms with Gasteiger partial charge in [0.15, 0.2) is 0 Å². The van der Waals surface area contributed by atoms with E-state index in [2.05, 4.69) is 5.32 Å². The first-order valence-electron chi connectivity index (χ1n) is 7.05. The van der Waals surface area contributed by atoms with Crippen LogP contribution in [0.5, 0.6) is 0 Å². The van der Waals surface area contributed by atoms with E-state index >= 15 is 0 Å². The summed E-state index contributed by atoms with van der Waals surface area (Å²) in [6.07, 6.45) is -0.281. The van der Waals surface area contributed by atoms with Gasteiger partial charge in [-0.2, -0.15) is 0 Å². The number of amides is 3. The summed E-state index contributed by atoms with van der Waals surface area (Å²) in [5.74, 6) is -1.42. The van der Waals surface area contributed by atoms with Crippen LogP contribution < -0.4 is 5.32 Å². The van der Waals surface area contributed by atoms with Crippen molar-refractivity contribution < 1.29 is 24.2 Å². The Hall–Kier alpha value is -1.63. The monoisotopic (exact) mass is 300 g/mol. The number of hydrogen-bond donors (Lipinski definition) is 2. The van der Waals surface area contributed by atoms with Crippen molar-refractivity contribution in [1.82, 2.24) is 10.2 Å². The number of imide groups is 1. The lowest BCUT2D eigenvalue weighted by Gasteiger charge is -2.35. The molecule has 0 aliphatic carbocycles. The zero-order valence-corrected chi connectivity index (χ0v) is 13.0. The minimum Gasteiger partial charge on any atom is -0.481 e. The first kappa shape index (κ1) is 17.4. The van der Waals surface area contributed by atoms with Crippen LogP contribution in [0, 0.1) is 5.41 Å². The van der Waals surface area contributed by atoms with E-state index in [-0.39, 0.29) is 25.0 Å². The Balaban J connectivity index is 2.50. The highest BCUT2D eigenvalue weighted by atomic mass is 16.5. The maximum absolute atomic E-state index is 12.0. The van der Waals surface area contributed by atoms with E-state index in [4.69, 9.17) is 9.84 Å². The summed E-state index contributed by atoms with van der Waals surface area (Å²) >= 11 is 0. The molecule has 0 bridgehead atoms. The molecule has 2 atom stereocenters. The lowest BCUT2D eigenvalue weighted by atomic mass is 9.85. The van der Waals surface area contributed by atoms with Crippen molar-refractivity contribution in [3.05, 3.63) is 0 Å². The Bertz CT molecular complexity index is 412. The van der Waals surface area contributed by atoms with Gasteiger partial charge < -0.3 is 14.7 Å². The summed E-state index contributed by atoms with van der Waals surface area (Å²) in [6.45, 7) is 7.97. The van der Waals surface area contributed by atoms with Gasteiger partial charge in [-0.1, -0.05) is 13.8 Å². The van der Waals surface area contributed by atoms with Crippen molar-refractivity contribution in [2.45, 2.75) is 52.7 Å². The van der Waals surface area contributed by atoms with Gasteiger partial charge in [-0.15, -0.1) is 0 Å². The third kappa shape index (κ3) is 6.12. The number of carboxylic acid groups (broad SMARTS) is 1. The topological polar surface area (TPSA) is 95.9 Å². The summed E-state index contributed by atoms with van der Waals surface area (Å²) in [7, 11) is 0. The number of hydrogen-bond acceptors (Lipinski definition) is 4. The smallest absolute Gasteiger partial charge is 0.324 e. The lowest BCUT2D eigenvalue weighted by Crippen LogP contribution is -2.53. The number of nitrogens with one attached hydrogen (secondary N) is 1. The fourth-order valence-electron chi connectivity index (χ4n) is 2.49. The highest BCUT2D eigenvalue weighted by Crippen LogP contribution is 2.24. The van der Waals surface area contributed by atoms with Gasteiger partial charge in [0.2, 0.25) is 5.91 Å². The van der Waals surface area contributed by atoms with Gasteiger partial charge in [0.25, 0.3) is 0 Å². The Morgan fingerprint density at radius 1 is 1.19 bits per heavy atom. The highest BCUT2D eigenvalue weighted by molar-refractivity contribution is 5.94. The van der Waals surface area contributed by atoms with Crippen LogP contribution >= 0.6 is 0 Å². The van der Waals surface area contributed by atoms with Crippen molar-refractivity contribution in [1.29, 1.82) is 0 Å². The van der Waals surface area contributed by atoms with Gasteiger partial charge in [-0.3, -0.25) is 14.9 Å². The summed E-state index contributed by atoms with van der Waals surface area (Å²) < 4.78 is 5.52. The summed E-state index contributed by atoms with van der Waals surface area (Å²) in [6, 6.07) is -0.451. The molecule has 7 nitrogen and oxygen atoms in total. The Labute approximate surface area is 124 Å². The fourth-order valence-corrected chi connectivity index (χ4v) is 2.49. The molecule has 21 heavy (non-hydrogen) atoms. The van der Waals surface area contributed by atoms with E-state index in [1.807, 2.05) is 13.8 Å². The number of carbonyl (C=O) groups excluding carboxylic acids is 2. The first-order valence-corrected chi connectivity index (χ1v) is 7.05. The molecule has 7 heteroatoms. The Morgan fingerprint density at radius 3 is 2.19 bits per heavy atom. The summed E-state index contributed by atoms with van der Waals surface area (Å²) in [4.78, 5) is 36.2. The van der Waals surface area contributed by atoms with Gasteiger partial charge in [-0.05, 0) is 19.3 Å². The van der Waals surface area contributed by atoms with Gasteiger partial charge in [-0.25, -0.2) is 4.79 Å². The van der Waals surface area contributed by atoms with Gasteiger partial charge in [0.1, 0.15) is 0 Å². The Kier molecular flexibility index (Phi) is 5.71. The van der Waals surface area contributed by atoms with Crippen LogP contribution in [-0.2, 0) is 14.3 Å². The van der Waals surface area contributed by atoms with Crippen LogP contribution in [0.15, 0.2) is 0 Å². The molecule has 1 heterocycles. The van der Waals surface area contributed by atoms with Crippen LogP contribution in [0.4, 0.5) is 4.79 Å². The molecule has 1 rings (SSSR count). The maximum atomic E-state index is 12.0. The SMILES string of the molecule is CC1CN(C(=O)NC(=O)CC(C)(C)CC(=O)O)CC(C)O1. The second-order valence-electron chi connectivity index (χ2n) is 6.43. The average molecular weight is 300 g/mol. The molecule has 0 aromatic heterocycles. The molecule has 1 aliphatic rings. The number of rotatable bonds is 4. The van der Waals surface area contributed by atoms with Crippen LogP contribution in [0.25, 0.3) is 0 Å². The van der Waals surface area contributed by atoms with Crippen molar-refractivity contribution in [2.24, 2.45) is 5.41 Å². The molecule has 1 aliphatic heterocycles. The zero-order chi connectivity index (χ0) is 16.2. The second kappa shape index (κ2) is 6.89. The number of carbonyl (C=O) groups is 3. The van der Waals surface area contributed by atoms with Crippen LogP contribution in [0.3, 0.4) is 0 Å². The number of nitrogens with zero attached hydrogens (tertiary/aromatic N) is 1. The number of ether oxygens (including phenoxy) is 1. The van der Waals surface area contributed by atoms with Crippen LogP contribution in [0.2, 0.25) is 0 Å². The standard InChI is InChI=1S/C14H24N2O5/c1-9-7-16(8-10(2)21-9)13(20)15-11(17)5-14(3,4)6-12(18)19/h9-10H,5-8H2,1-4H3,(H,18,19)(H,15,17,20). The molecule has 2 unspecified atom stereocenters. The lowest BCUT2D eigenvalue weighted by molar-refractivity contribution is -0.139. The van der Waals surface area contributed by atoms with Gasteiger partial charge >= 0.3 is 12.0 Å². The van der Waals surface area contributed by atoms with E-state index in [0.29, 0.717) is 13.1 Å². The first-order chi connectivity index (χ1) is 9.59. The molecular weight excluding hydrogens is 276 g/mol. The predicted octanol–water partition coefficient (Wildman–Crippen LogP) is 1.22. The molecule has 0 aromatic rings. The largest absolute Gasteiger partial charge is 0.481 e. The quantitative estimate of drug-likeness (QED) is 0.814. The maximum Gasteiger partial charge on any atom is 0.324 e. The van der Waals surface area contributed by atoms with Crippen LogP contribution in [-0.4, -0.2) is 53.2 Å². The van der Waals surface area contributed by atoms with E-state index < -0.39 is 23.3 Å². The third-order valence-electron chi connectivity index (χ3n) is 3.22. The zero-order valence-electron chi connectivity index (χ0n) is 13.0. The number of aliphatic carboxylic acids is 1. The third-order valence-corrected chi connectivity index (χ3v) is 3.22. The Morgan fingerprint density at radius 2 is 1.71 bits per heavy atom. The van der Waals surface area contributed by atoms with Crippen molar-refractivity contribution in [3.8, 4) is 0 Å². The van der Waals surface area contributed by atoms with E-state index in [9.17, 15) is 14.4 Å².